The van der Waals surface area contributed by atoms with E-state index in [9.17, 15) is 0 Å². The molecule has 2 heterocycles. The van der Waals surface area contributed by atoms with Crippen molar-refractivity contribution in [1.29, 1.82) is 0 Å². The summed E-state index contributed by atoms with van der Waals surface area (Å²) in [7, 11) is 0. The molecule has 3 N–H and O–H groups in total. The smallest absolute Gasteiger partial charge is 0.226 e. The molecule has 0 unspecified atom stereocenters. The summed E-state index contributed by atoms with van der Waals surface area (Å²) < 4.78 is 5.07. The highest BCUT2D eigenvalue weighted by molar-refractivity contribution is 5.05. The zero-order valence-corrected chi connectivity index (χ0v) is 8.42. The van der Waals surface area contributed by atoms with Crippen molar-refractivity contribution >= 4 is 0 Å². The third-order valence-corrected chi connectivity index (χ3v) is 2.71. The Labute approximate surface area is 83.1 Å². The summed E-state index contributed by atoms with van der Waals surface area (Å²) in [5, 5.41) is 7.21. The van der Waals surface area contributed by atoms with Crippen LogP contribution in [0.5, 0.6) is 0 Å². The van der Waals surface area contributed by atoms with Gasteiger partial charge in [0, 0.05) is 6.42 Å². The second kappa shape index (κ2) is 3.67. The molecule has 0 aliphatic carbocycles. The number of nitrogens with two attached hydrogens (primary N) is 1. The predicted molar refractivity (Wildman–Crippen MR) is 51.6 cm³/mol. The Hall–Kier alpha value is -0.940. The minimum Gasteiger partial charge on any atom is -0.339 e. The molecule has 5 heteroatoms. The van der Waals surface area contributed by atoms with Crippen molar-refractivity contribution in [3.8, 4) is 0 Å². The molecule has 1 aliphatic rings. The quantitative estimate of drug-likeness (QED) is 0.705. The van der Waals surface area contributed by atoms with Crippen LogP contribution in [-0.4, -0.2) is 23.2 Å². The van der Waals surface area contributed by atoms with E-state index < -0.39 is 0 Å². The molecule has 0 radical (unpaired) electrons. The van der Waals surface area contributed by atoms with Gasteiger partial charge in [0.25, 0.3) is 0 Å². The van der Waals surface area contributed by atoms with Crippen LogP contribution in [0.1, 0.15) is 31.5 Å². The van der Waals surface area contributed by atoms with Crippen molar-refractivity contribution < 1.29 is 4.52 Å². The molecule has 1 aromatic heterocycles. The first-order chi connectivity index (χ1) is 6.74. The monoisotopic (exact) mass is 196 g/mol. The number of nitrogens with one attached hydrogen (secondary N) is 1. The zero-order valence-electron chi connectivity index (χ0n) is 8.42. The van der Waals surface area contributed by atoms with E-state index in [-0.39, 0.29) is 5.54 Å². The number of nitrogens with zero attached hydrogens (tertiary/aromatic N) is 2. The summed E-state index contributed by atoms with van der Waals surface area (Å²) in [5.74, 6) is 1.33. The Bertz CT molecular complexity index is 304. The van der Waals surface area contributed by atoms with Gasteiger partial charge < -0.3 is 15.6 Å². The Morgan fingerprint density at radius 1 is 1.50 bits per heavy atom. The summed E-state index contributed by atoms with van der Waals surface area (Å²) in [6.07, 6.45) is 2.51. The fraction of sp³-hybridized carbons (Fsp3) is 0.778. The van der Waals surface area contributed by atoms with Crippen LogP contribution in [0.4, 0.5) is 0 Å². The molecule has 2 rings (SSSR count). The van der Waals surface area contributed by atoms with Crippen LogP contribution in [-0.2, 0) is 12.0 Å². The average molecular weight is 196 g/mol. The van der Waals surface area contributed by atoms with E-state index in [1.165, 1.54) is 0 Å². The van der Waals surface area contributed by atoms with Crippen LogP contribution < -0.4 is 11.1 Å². The number of piperidine rings is 1. The highest BCUT2D eigenvalue weighted by atomic mass is 16.5. The summed E-state index contributed by atoms with van der Waals surface area (Å²) >= 11 is 0. The number of hydrogen-bond acceptors (Lipinski definition) is 5. The lowest BCUT2D eigenvalue weighted by atomic mass is 9.89. The van der Waals surface area contributed by atoms with Gasteiger partial charge in [-0.25, -0.2) is 0 Å². The molecule has 1 fully saturated rings. The molecule has 5 nitrogen and oxygen atoms in total. The van der Waals surface area contributed by atoms with E-state index >= 15 is 0 Å². The minimum atomic E-state index is -0.387. The van der Waals surface area contributed by atoms with Crippen LogP contribution in [0, 0.1) is 0 Å². The van der Waals surface area contributed by atoms with E-state index in [4.69, 9.17) is 10.3 Å². The van der Waals surface area contributed by atoms with Gasteiger partial charge in [-0.3, -0.25) is 0 Å². The van der Waals surface area contributed by atoms with Gasteiger partial charge in [0.05, 0.1) is 5.54 Å². The molecule has 0 saturated carbocycles. The lowest BCUT2D eigenvalue weighted by Crippen LogP contribution is -2.47. The van der Waals surface area contributed by atoms with Gasteiger partial charge in [0.15, 0.2) is 5.82 Å². The van der Waals surface area contributed by atoms with Gasteiger partial charge in [-0.05, 0) is 25.9 Å². The second-order valence-corrected chi connectivity index (χ2v) is 3.77. The maximum Gasteiger partial charge on any atom is 0.226 e. The molecular weight excluding hydrogens is 180 g/mol. The highest BCUT2D eigenvalue weighted by Gasteiger charge is 2.33. The van der Waals surface area contributed by atoms with E-state index in [0.717, 1.165) is 32.4 Å². The van der Waals surface area contributed by atoms with Gasteiger partial charge in [-0.2, -0.15) is 4.98 Å². The van der Waals surface area contributed by atoms with Gasteiger partial charge in [0.1, 0.15) is 0 Å². The Morgan fingerprint density at radius 2 is 2.21 bits per heavy atom. The SMILES string of the molecule is CCc1nc(C2(N)CCNCC2)no1. The fourth-order valence-electron chi connectivity index (χ4n) is 1.70. The fourth-order valence-corrected chi connectivity index (χ4v) is 1.70. The van der Waals surface area contributed by atoms with Crippen LogP contribution >= 0.6 is 0 Å². The predicted octanol–water partition coefficient (Wildman–Crippen LogP) is 0.169. The van der Waals surface area contributed by atoms with Crippen LogP contribution in [0.3, 0.4) is 0 Å². The molecule has 0 aromatic carbocycles. The van der Waals surface area contributed by atoms with Gasteiger partial charge in [-0.15, -0.1) is 0 Å². The van der Waals surface area contributed by atoms with Gasteiger partial charge >= 0.3 is 0 Å². The largest absolute Gasteiger partial charge is 0.339 e. The lowest BCUT2D eigenvalue weighted by Gasteiger charge is -2.30. The summed E-state index contributed by atoms with van der Waals surface area (Å²) in [6.45, 7) is 3.84. The third kappa shape index (κ3) is 1.65. The van der Waals surface area contributed by atoms with Crippen molar-refractivity contribution in [2.45, 2.75) is 31.7 Å². The van der Waals surface area contributed by atoms with E-state index in [0.29, 0.717) is 11.7 Å². The Morgan fingerprint density at radius 3 is 2.79 bits per heavy atom. The van der Waals surface area contributed by atoms with Gasteiger partial charge in [-0.1, -0.05) is 12.1 Å². The minimum absolute atomic E-state index is 0.387. The zero-order chi connectivity index (χ0) is 10.0. The molecule has 1 aromatic rings. The van der Waals surface area contributed by atoms with Crippen LogP contribution in [0.2, 0.25) is 0 Å². The molecule has 0 spiro atoms. The van der Waals surface area contributed by atoms with Crippen molar-refractivity contribution in [3.05, 3.63) is 11.7 Å². The maximum absolute atomic E-state index is 6.22. The number of aryl methyl sites for hydroxylation is 1. The highest BCUT2D eigenvalue weighted by Crippen LogP contribution is 2.25. The summed E-state index contributed by atoms with van der Waals surface area (Å²) in [4.78, 5) is 4.29. The normalized spacial score (nSPS) is 21.0. The third-order valence-electron chi connectivity index (χ3n) is 2.71. The van der Waals surface area contributed by atoms with E-state index in [1.807, 2.05) is 6.92 Å². The van der Waals surface area contributed by atoms with Crippen molar-refractivity contribution in [3.63, 3.8) is 0 Å². The lowest BCUT2D eigenvalue weighted by molar-refractivity contribution is 0.285. The first kappa shape index (κ1) is 9.61. The van der Waals surface area contributed by atoms with Crippen molar-refractivity contribution in [2.24, 2.45) is 5.73 Å². The number of aromatic nitrogens is 2. The molecule has 0 amide bonds. The average Bonchev–Trinajstić information content (AvgIpc) is 2.67. The molecule has 0 bridgehead atoms. The molecular formula is C9H16N4O. The molecule has 78 valence electrons. The first-order valence-electron chi connectivity index (χ1n) is 5.07. The number of hydrogen-bond donors (Lipinski definition) is 2. The molecule has 1 saturated heterocycles. The van der Waals surface area contributed by atoms with Crippen LogP contribution in [0.25, 0.3) is 0 Å². The summed E-state index contributed by atoms with van der Waals surface area (Å²) in [5.41, 5.74) is 5.84. The summed E-state index contributed by atoms with van der Waals surface area (Å²) in [6, 6.07) is 0. The van der Waals surface area contributed by atoms with Crippen LogP contribution in [0.15, 0.2) is 4.52 Å². The van der Waals surface area contributed by atoms with Gasteiger partial charge in [0.2, 0.25) is 5.89 Å². The standard InChI is InChI=1S/C9H16N4O/c1-2-7-12-8(13-14-7)9(10)3-5-11-6-4-9/h11H,2-6,10H2,1H3. The molecule has 14 heavy (non-hydrogen) atoms. The van der Waals surface area contributed by atoms with E-state index in [1.54, 1.807) is 0 Å². The van der Waals surface area contributed by atoms with Crippen molar-refractivity contribution in [2.75, 3.05) is 13.1 Å². The number of rotatable bonds is 2. The van der Waals surface area contributed by atoms with E-state index in [2.05, 4.69) is 15.5 Å². The topological polar surface area (TPSA) is 77.0 Å². The Balaban J connectivity index is 2.19. The first-order valence-corrected chi connectivity index (χ1v) is 5.07. The molecule has 1 aliphatic heterocycles. The maximum atomic E-state index is 6.22. The van der Waals surface area contributed by atoms with Crippen molar-refractivity contribution in [1.82, 2.24) is 15.5 Å². The molecule has 0 atom stereocenters. The Kier molecular flexibility index (Phi) is 2.52. The second-order valence-electron chi connectivity index (χ2n) is 3.77.